The molecule has 1 aromatic carbocycles. The van der Waals surface area contributed by atoms with Crippen molar-refractivity contribution in [3.05, 3.63) is 28.2 Å². The van der Waals surface area contributed by atoms with E-state index < -0.39 is 0 Å². The van der Waals surface area contributed by atoms with Crippen molar-refractivity contribution in [1.82, 2.24) is 5.32 Å². The molecule has 0 aromatic heterocycles. The van der Waals surface area contributed by atoms with E-state index in [-0.39, 0.29) is 16.1 Å². The fourth-order valence-electron chi connectivity index (χ4n) is 2.68. The van der Waals surface area contributed by atoms with Crippen LogP contribution in [0, 0.1) is 0 Å². The van der Waals surface area contributed by atoms with E-state index in [4.69, 9.17) is 42.1 Å². The number of amides is 1. The molecule has 0 fully saturated rings. The summed E-state index contributed by atoms with van der Waals surface area (Å²) in [6, 6.07) is 5.29. The third kappa shape index (κ3) is 15.0. The Hall–Kier alpha value is -1.02. The average molecular weight is 646 g/mol. The molecule has 0 saturated carbocycles. The molecular formula is C23H34Cl2IN3O6. The molecule has 0 radical (unpaired) electrons. The van der Waals surface area contributed by atoms with Gasteiger partial charge in [-0.15, -0.1) is 0 Å². The molecule has 0 spiro atoms. The lowest BCUT2D eigenvalue weighted by molar-refractivity contribution is -0.121. The Labute approximate surface area is 230 Å². The van der Waals surface area contributed by atoms with Crippen LogP contribution >= 0.6 is 45.8 Å². The molecule has 1 heterocycles. The number of hydrazone groups is 1. The summed E-state index contributed by atoms with van der Waals surface area (Å²) in [6.45, 7) is 8.00. The Balaban J connectivity index is 0.00000298. The number of carbonyl (C=O) groups is 2. The molecule has 1 amide bonds. The molecule has 0 aliphatic carbocycles. The predicted molar refractivity (Wildman–Crippen MR) is 147 cm³/mol. The molecule has 35 heavy (non-hydrogen) atoms. The maximum absolute atomic E-state index is 12.1. The monoisotopic (exact) mass is 645 g/mol. The van der Waals surface area contributed by atoms with Gasteiger partial charge in [-0.3, -0.25) is 14.6 Å². The molecule has 198 valence electrons. The highest BCUT2D eigenvalue weighted by Gasteiger charge is 2.18. The van der Waals surface area contributed by atoms with Gasteiger partial charge in [-0.2, -0.15) is 5.10 Å². The minimum absolute atomic E-state index is 0.0839. The number of halogens is 3. The smallest absolute Gasteiger partial charge is 0.227 e. The zero-order valence-corrected chi connectivity index (χ0v) is 23.9. The van der Waals surface area contributed by atoms with Gasteiger partial charge in [-0.25, -0.2) is 0 Å². The van der Waals surface area contributed by atoms with E-state index in [2.05, 4.69) is 10.4 Å². The molecule has 0 saturated heterocycles. The van der Waals surface area contributed by atoms with Gasteiger partial charge in [0, 0.05) is 19.4 Å². The van der Waals surface area contributed by atoms with E-state index in [1.54, 1.807) is 39.7 Å². The van der Waals surface area contributed by atoms with Gasteiger partial charge in [0.2, 0.25) is 5.91 Å². The highest BCUT2D eigenvalue weighted by Crippen LogP contribution is 2.28. The number of anilines is 1. The summed E-state index contributed by atoms with van der Waals surface area (Å²) in [5.41, 5.74) is 0.820. The normalized spacial score (nSPS) is 12.7. The summed E-state index contributed by atoms with van der Waals surface area (Å²) in [6.07, 6.45) is 1.28. The topological polar surface area (TPSA) is 98.7 Å². The number of nitrogens with zero attached hydrogens (tertiary/aromatic N) is 2. The standard InChI is InChI=1S/C21H28Cl2IN3O6.C2H6/c22-17-2-1-16(15-18(17)23)27-6-3-20(26-27)25-21(29)5-8-31-10-12-33-14-13-32-11-9-30-7-4-19(24)28;1-2/h1-2,15H,3-14H2,(H,25,26,29);1-2H3. The fraction of sp³-hybridized carbons (Fsp3) is 0.609. The maximum atomic E-state index is 12.1. The molecule has 9 nitrogen and oxygen atoms in total. The summed E-state index contributed by atoms with van der Waals surface area (Å²) in [7, 11) is 0. The van der Waals surface area contributed by atoms with Crippen molar-refractivity contribution in [2.24, 2.45) is 5.10 Å². The quantitative estimate of drug-likeness (QED) is 0.161. The van der Waals surface area contributed by atoms with Crippen molar-refractivity contribution in [1.29, 1.82) is 0 Å². The van der Waals surface area contributed by atoms with Crippen molar-refractivity contribution >= 4 is 67.0 Å². The third-order valence-electron chi connectivity index (χ3n) is 4.32. The second-order valence-electron chi connectivity index (χ2n) is 6.87. The second kappa shape index (κ2) is 20.1. The van der Waals surface area contributed by atoms with Crippen LogP contribution < -0.4 is 10.3 Å². The predicted octanol–water partition coefficient (Wildman–Crippen LogP) is 4.47. The molecule has 1 N–H and O–H groups in total. The molecule has 1 aliphatic rings. The molecule has 0 atom stereocenters. The molecule has 1 aromatic rings. The van der Waals surface area contributed by atoms with Crippen molar-refractivity contribution in [2.45, 2.75) is 33.1 Å². The third-order valence-corrected chi connectivity index (χ3v) is 5.60. The van der Waals surface area contributed by atoms with Gasteiger partial charge in [0.05, 0.1) is 75.0 Å². The van der Waals surface area contributed by atoms with Gasteiger partial charge >= 0.3 is 0 Å². The van der Waals surface area contributed by atoms with Crippen LogP contribution in [-0.2, 0) is 28.5 Å². The lowest BCUT2D eigenvalue weighted by Gasteiger charge is -2.13. The van der Waals surface area contributed by atoms with Crippen molar-refractivity contribution in [2.75, 3.05) is 64.4 Å². The van der Waals surface area contributed by atoms with Gasteiger partial charge in [-0.1, -0.05) is 37.0 Å². The summed E-state index contributed by atoms with van der Waals surface area (Å²) in [5.74, 6) is 0.461. The first-order chi connectivity index (χ1) is 17.0. The van der Waals surface area contributed by atoms with Gasteiger partial charge in [-0.05, 0) is 40.8 Å². The first-order valence-corrected chi connectivity index (χ1v) is 13.4. The number of nitrogens with one attached hydrogen (secondary N) is 1. The second-order valence-corrected chi connectivity index (χ2v) is 8.89. The number of benzene rings is 1. The van der Waals surface area contributed by atoms with Crippen LogP contribution in [0.2, 0.25) is 10.0 Å². The first kappa shape index (κ1) is 32.0. The highest BCUT2D eigenvalue weighted by atomic mass is 127. The van der Waals surface area contributed by atoms with Crippen LogP contribution in [0.25, 0.3) is 0 Å². The minimum atomic E-state index is -0.149. The first-order valence-electron chi connectivity index (χ1n) is 11.5. The fourth-order valence-corrected chi connectivity index (χ4v) is 3.19. The maximum Gasteiger partial charge on any atom is 0.227 e. The Kier molecular flexibility index (Phi) is 18.4. The van der Waals surface area contributed by atoms with E-state index >= 15 is 0 Å². The van der Waals surface area contributed by atoms with Crippen molar-refractivity contribution in [3.63, 3.8) is 0 Å². The molecular weight excluding hydrogens is 612 g/mol. The summed E-state index contributed by atoms with van der Waals surface area (Å²) in [5, 5.41) is 9.94. The van der Waals surface area contributed by atoms with Crippen LogP contribution in [0.4, 0.5) is 5.69 Å². The molecule has 2 rings (SSSR count). The lowest BCUT2D eigenvalue weighted by atomic mass is 10.3. The Morgan fingerprint density at radius 1 is 0.914 bits per heavy atom. The number of amidine groups is 1. The number of ether oxygens (including phenoxy) is 4. The van der Waals surface area contributed by atoms with E-state index in [0.29, 0.717) is 88.1 Å². The van der Waals surface area contributed by atoms with E-state index in [1.807, 2.05) is 19.9 Å². The lowest BCUT2D eigenvalue weighted by Crippen LogP contribution is -2.30. The molecule has 0 bridgehead atoms. The number of carbonyl (C=O) groups excluding carboxylic acids is 2. The van der Waals surface area contributed by atoms with Gasteiger partial charge in [0.25, 0.3) is 0 Å². The average Bonchev–Trinajstić information content (AvgIpc) is 3.30. The Bertz CT molecular complexity index is 801. The van der Waals surface area contributed by atoms with Crippen LogP contribution in [0.1, 0.15) is 33.1 Å². The SMILES string of the molecule is CC.O=C(I)CCOCCOCCOCCOCCC(=O)NC1=NN(c2ccc(Cl)c(Cl)c2)CC1. The van der Waals surface area contributed by atoms with Crippen molar-refractivity contribution < 1.29 is 28.5 Å². The van der Waals surface area contributed by atoms with E-state index in [0.717, 1.165) is 5.69 Å². The summed E-state index contributed by atoms with van der Waals surface area (Å²) < 4.78 is 21.5. The molecule has 12 heteroatoms. The summed E-state index contributed by atoms with van der Waals surface area (Å²) in [4.78, 5) is 22.8. The minimum Gasteiger partial charge on any atom is -0.379 e. The number of hydrogen-bond acceptors (Lipinski definition) is 8. The Morgan fingerprint density at radius 2 is 1.46 bits per heavy atom. The number of hydrogen-bond donors (Lipinski definition) is 1. The van der Waals surface area contributed by atoms with Crippen LogP contribution in [0.3, 0.4) is 0 Å². The van der Waals surface area contributed by atoms with Crippen molar-refractivity contribution in [3.8, 4) is 0 Å². The van der Waals surface area contributed by atoms with Gasteiger partial charge in [0.1, 0.15) is 5.84 Å². The van der Waals surface area contributed by atoms with Crippen LogP contribution in [-0.4, -0.2) is 74.9 Å². The zero-order valence-electron chi connectivity index (χ0n) is 20.2. The Morgan fingerprint density at radius 3 is 2.00 bits per heavy atom. The largest absolute Gasteiger partial charge is 0.379 e. The van der Waals surface area contributed by atoms with Gasteiger partial charge in [0.15, 0.2) is 3.79 Å². The zero-order chi connectivity index (χ0) is 25.9. The van der Waals surface area contributed by atoms with E-state index in [9.17, 15) is 9.59 Å². The molecule has 0 unspecified atom stereocenters. The number of rotatable bonds is 16. The van der Waals surface area contributed by atoms with E-state index in [1.165, 1.54) is 0 Å². The highest BCUT2D eigenvalue weighted by molar-refractivity contribution is 14.1. The van der Waals surface area contributed by atoms with Crippen LogP contribution in [0.5, 0.6) is 0 Å². The van der Waals surface area contributed by atoms with Crippen LogP contribution in [0.15, 0.2) is 23.3 Å². The summed E-state index contributed by atoms with van der Waals surface area (Å²) >= 11 is 13.7. The molecule has 1 aliphatic heterocycles. The van der Waals surface area contributed by atoms with Gasteiger partial charge < -0.3 is 24.3 Å².